The Labute approximate surface area is 115 Å². The third-order valence-electron chi connectivity index (χ3n) is 2.75. The van der Waals surface area contributed by atoms with Gasteiger partial charge in [-0.3, -0.25) is 9.59 Å². The molecule has 1 atom stereocenters. The zero-order valence-corrected chi connectivity index (χ0v) is 11.4. The molecular formula is C13H15ClFNO3. The van der Waals surface area contributed by atoms with Crippen LogP contribution >= 0.6 is 11.6 Å². The number of aliphatic carboxylic acids is 1. The van der Waals surface area contributed by atoms with E-state index in [9.17, 15) is 14.0 Å². The van der Waals surface area contributed by atoms with Crippen molar-refractivity contribution in [3.8, 4) is 0 Å². The van der Waals surface area contributed by atoms with Crippen LogP contribution in [0.25, 0.3) is 0 Å². The minimum Gasteiger partial charge on any atom is -0.481 e. The highest BCUT2D eigenvalue weighted by molar-refractivity contribution is 6.33. The number of carboxylic acid groups (broad SMARTS) is 1. The first-order valence-corrected chi connectivity index (χ1v) is 6.21. The number of halogens is 2. The molecule has 1 aromatic carbocycles. The maximum absolute atomic E-state index is 12.9. The van der Waals surface area contributed by atoms with Crippen LogP contribution < -0.4 is 0 Å². The lowest BCUT2D eigenvalue weighted by molar-refractivity contribution is -0.141. The summed E-state index contributed by atoms with van der Waals surface area (Å²) in [5.41, 5.74) is 0.169. The lowest BCUT2D eigenvalue weighted by Gasteiger charge is -2.23. The van der Waals surface area contributed by atoms with E-state index in [1.165, 1.54) is 17.9 Å². The number of hydrogen-bond acceptors (Lipinski definition) is 2. The first-order chi connectivity index (χ1) is 8.86. The third-order valence-corrected chi connectivity index (χ3v) is 3.06. The summed E-state index contributed by atoms with van der Waals surface area (Å²) in [7, 11) is 0. The average Bonchev–Trinajstić information content (AvgIpc) is 2.34. The number of carboxylic acids is 1. The van der Waals surface area contributed by atoms with E-state index < -0.39 is 23.6 Å². The maximum Gasteiger partial charge on any atom is 0.308 e. The molecule has 0 aliphatic carbocycles. The number of benzene rings is 1. The zero-order valence-electron chi connectivity index (χ0n) is 10.7. The van der Waals surface area contributed by atoms with Crippen molar-refractivity contribution in [3.05, 3.63) is 34.6 Å². The second-order valence-corrected chi connectivity index (χ2v) is 4.61. The Morgan fingerprint density at radius 3 is 2.58 bits per heavy atom. The van der Waals surface area contributed by atoms with Gasteiger partial charge in [-0.15, -0.1) is 0 Å². The number of carbonyl (C=O) groups excluding carboxylic acids is 1. The molecule has 0 aliphatic heterocycles. The van der Waals surface area contributed by atoms with Crippen LogP contribution in [0.4, 0.5) is 4.39 Å². The lowest BCUT2D eigenvalue weighted by atomic mass is 10.1. The van der Waals surface area contributed by atoms with Crippen LogP contribution in [0.5, 0.6) is 0 Å². The SMILES string of the molecule is CCN(CC(C)C(=O)O)C(=O)c1ccc(F)cc1Cl. The van der Waals surface area contributed by atoms with Crippen LogP contribution in [0.1, 0.15) is 24.2 Å². The molecule has 0 radical (unpaired) electrons. The van der Waals surface area contributed by atoms with Crippen molar-refractivity contribution in [3.63, 3.8) is 0 Å². The van der Waals surface area contributed by atoms with Crippen molar-refractivity contribution in [1.82, 2.24) is 4.90 Å². The number of hydrogen-bond donors (Lipinski definition) is 1. The average molecular weight is 288 g/mol. The van der Waals surface area contributed by atoms with Gasteiger partial charge in [0.2, 0.25) is 0 Å². The van der Waals surface area contributed by atoms with E-state index in [0.29, 0.717) is 6.54 Å². The Hall–Kier alpha value is -1.62. The summed E-state index contributed by atoms with van der Waals surface area (Å²) >= 11 is 5.82. The quantitative estimate of drug-likeness (QED) is 0.906. The third kappa shape index (κ3) is 3.92. The molecule has 1 rings (SSSR count). The van der Waals surface area contributed by atoms with E-state index in [-0.39, 0.29) is 17.1 Å². The smallest absolute Gasteiger partial charge is 0.308 e. The molecule has 6 heteroatoms. The van der Waals surface area contributed by atoms with Gasteiger partial charge in [-0.25, -0.2) is 4.39 Å². The summed E-state index contributed by atoms with van der Waals surface area (Å²) in [6.45, 7) is 3.69. The van der Waals surface area contributed by atoms with Gasteiger partial charge in [-0.1, -0.05) is 18.5 Å². The van der Waals surface area contributed by atoms with Crippen molar-refractivity contribution >= 4 is 23.5 Å². The molecule has 19 heavy (non-hydrogen) atoms. The van der Waals surface area contributed by atoms with Crippen LogP contribution in [0.2, 0.25) is 5.02 Å². The molecule has 104 valence electrons. The molecule has 1 amide bonds. The molecule has 1 aromatic rings. The zero-order chi connectivity index (χ0) is 14.6. The number of amides is 1. The predicted molar refractivity (Wildman–Crippen MR) is 69.8 cm³/mol. The molecule has 1 N–H and O–H groups in total. The minimum atomic E-state index is -0.976. The molecule has 0 spiro atoms. The van der Waals surface area contributed by atoms with Gasteiger partial charge in [0.05, 0.1) is 16.5 Å². The van der Waals surface area contributed by atoms with Crippen LogP contribution in [0, 0.1) is 11.7 Å². The molecule has 0 saturated carbocycles. The predicted octanol–water partition coefficient (Wildman–Crippen LogP) is 2.66. The van der Waals surface area contributed by atoms with E-state index in [1.54, 1.807) is 6.92 Å². The van der Waals surface area contributed by atoms with Crippen LogP contribution in [-0.4, -0.2) is 35.0 Å². The van der Waals surface area contributed by atoms with Gasteiger partial charge < -0.3 is 10.0 Å². The Morgan fingerprint density at radius 2 is 2.11 bits per heavy atom. The van der Waals surface area contributed by atoms with E-state index in [4.69, 9.17) is 16.7 Å². The second-order valence-electron chi connectivity index (χ2n) is 4.21. The summed E-state index contributed by atoms with van der Waals surface area (Å²) in [4.78, 5) is 24.4. The highest BCUT2D eigenvalue weighted by Crippen LogP contribution is 2.19. The summed E-state index contributed by atoms with van der Waals surface area (Å²) in [5.74, 6) is -2.58. The van der Waals surface area contributed by atoms with E-state index >= 15 is 0 Å². The Kier molecular flexibility index (Phi) is 5.30. The van der Waals surface area contributed by atoms with Crippen LogP contribution in [-0.2, 0) is 4.79 Å². The van der Waals surface area contributed by atoms with Crippen LogP contribution in [0.15, 0.2) is 18.2 Å². The summed E-state index contributed by atoms with van der Waals surface area (Å²) in [6, 6.07) is 3.50. The van der Waals surface area contributed by atoms with E-state index in [0.717, 1.165) is 12.1 Å². The van der Waals surface area contributed by atoms with Crippen molar-refractivity contribution in [1.29, 1.82) is 0 Å². The molecule has 0 aromatic heterocycles. The lowest BCUT2D eigenvalue weighted by Crippen LogP contribution is -2.36. The molecule has 0 fully saturated rings. The summed E-state index contributed by atoms with van der Waals surface area (Å²) < 4.78 is 12.9. The van der Waals surface area contributed by atoms with Crippen molar-refractivity contribution in [2.45, 2.75) is 13.8 Å². The first-order valence-electron chi connectivity index (χ1n) is 5.84. The fourth-order valence-corrected chi connectivity index (χ4v) is 1.85. The standard InChI is InChI=1S/C13H15ClFNO3/c1-3-16(7-8(2)13(18)19)12(17)10-5-4-9(15)6-11(10)14/h4-6,8H,3,7H2,1-2H3,(H,18,19). The van der Waals surface area contributed by atoms with Gasteiger partial charge in [-0.2, -0.15) is 0 Å². The monoisotopic (exact) mass is 287 g/mol. The molecule has 1 unspecified atom stereocenters. The van der Waals surface area contributed by atoms with Gasteiger partial charge in [0.1, 0.15) is 5.82 Å². The normalized spacial score (nSPS) is 12.0. The number of carbonyl (C=O) groups is 2. The fraction of sp³-hybridized carbons (Fsp3) is 0.385. The van der Waals surface area contributed by atoms with Crippen molar-refractivity contribution in [2.75, 3.05) is 13.1 Å². The molecule has 0 bridgehead atoms. The molecule has 0 aliphatic rings. The highest BCUT2D eigenvalue weighted by atomic mass is 35.5. The van der Waals surface area contributed by atoms with Crippen molar-refractivity contribution < 1.29 is 19.1 Å². The van der Waals surface area contributed by atoms with E-state index in [2.05, 4.69) is 0 Å². The number of nitrogens with zero attached hydrogens (tertiary/aromatic N) is 1. The largest absolute Gasteiger partial charge is 0.481 e. The van der Waals surface area contributed by atoms with Gasteiger partial charge in [0.15, 0.2) is 0 Å². The second kappa shape index (κ2) is 6.52. The number of rotatable bonds is 5. The Morgan fingerprint density at radius 1 is 1.47 bits per heavy atom. The van der Waals surface area contributed by atoms with Gasteiger partial charge >= 0.3 is 5.97 Å². The van der Waals surface area contributed by atoms with Crippen molar-refractivity contribution in [2.24, 2.45) is 5.92 Å². The summed E-state index contributed by atoms with van der Waals surface area (Å²) in [6.07, 6.45) is 0. The molecule has 0 saturated heterocycles. The molecule has 0 heterocycles. The molecular weight excluding hydrogens is 273 g/mol. The molecule has 4 nitrogen and oxygen atoms in total. The van der Waals surface area contributed by atoms with Gasteiger partial charge in [0, 0.05) is 13.1 Å². The topological polar surface area (TPSA) is 57.6 Å². The Bertz CT molecular complexity index is 493. The van der Waals surface area contributed by atoms with Crippen LogP contribution in [0.3, 0.4) is 0 Å². The fourth-order valence-electron chi connectivity index (χ4n) is 1.60. The highest BCUT2D eigenvalue weighted by Gasteiger charge is 2.22. The van der Waals surface area contributed by atoms with Gasteiger partial charge in [-0.05, 0) is 25.1 Å². The minimum absolute atomic E-state index is 0.0198. The van der Waals surface area contributed by atoms with E-state index in [1.807, 2.05) is 0 Å². The first kappa shape index (κ1) is 15.4. The summed E-state index contributed by atoms with van der Waals surface area (Å²) in [5, 5.41) is 8.88. The Balaban J connectivity index is 2.92. The maximum atomic E-state index is 12.9. The van der Waals surface area contributed by atoms with Gasteiger partial charge in [0.25, 0.3) is 5.91 Å².